The highest BCUT2D eigenvalue weighted by atomic mass is 79.9. The molecule has 76 valence electrons. The standard InChI is InChI=1S/C11H14BrNS/c12-10-3-1-9(2-4-10)11(7-13)5-6-14-8-11/h1-4H,5-8,13H2. The van der Waals surface area contributed by atoms with Gasteiger partial charge in [0.1, 0.15) is 0 Å². The molecule has 1 aliphatic rings. The number of hydrogen-bond acceptors (Lipinski definition) is 2. The van der Waals surface area contributed by atoms with Gasteiger partial charge in [-0.1, -0.05) is 28.1 Å². The van der Waals surface area contributed by atoms with Crippen molar-refractivity contribution >= 4 is 27.7 Å². The van der Waals surface area contributed by atoms with Gasteiger partial charge in [-0.2, -0.15) is 11.8 Å². The summed E-state index contributed by atoms with van der Waals surface area (Å²) in [7, 11) is 0. The number of hydrogen-bond donors (Lipinski definition) is 1. The third kappa shape index (κ3) is 1.86. The topological polar surface area (TPSA) is 26.0 Å². The lowest BCUT2D eigenvalue weighted by atomic mass is 9.80. The normalized spacial score (nSPS) is 26.7. The van der Waals surface area contributed by atoms with E-state index in [0.717, 1.165) is 11.0 Å². The Morgan fingerprint density at radius 1 is 1.36 bits per heavy atom. The fraction of sp³-hybridized carbons (Fsp3) is 0.455. The van der Waals surface area contributed by atoms with Crippen molar-refractivity contribution in [1.29, 1.82) is 0 Å². The van der Waals surface area contributed by atoms with E-state index < -0.39 is 0 Å². The van der Waals surface area contributed by atoms with Crippen molar-refractivity contribution in [2.75, 3.05) is 18.1 Å². The molecule has 14 heavy (non-hydrogen) atoms. The highest BCUT2D eigenvalue weighted by Gasteiger charge is 2.34. The highest BCUT2D eigenvalue weighted by molar-refractivity contribution is 9.10. The minimum Gasteiger partial charge on any atom is -0.330 e. The smallest absolute Gasteiger partial charge is 0.0175 e. The van der Waals surface area contributed by atoms with Crippen molar-refractivity contribution in [2.24, 2.45) is 5.73 Å². The van der Waals surface area contributed by atoms with Crippen LogP contribution in [-0.4, -0.2) is 18.1 Å². The van der Waals surface area contributed by atoms with Gasteiger partial charge in [0.05, 0.1) is 0 Å². The lowest BCUT2D eigenvalue weighted by Crippen LogP contribution is -2.34. The molecule has 0 amide bonds. The van der Waals surface area contributed by atoms with Gasteiger partial charge >= 0.3 is 0 Å². The van der Waals surface area contributed by atoms with E-state index >= 15 is 0 Å². The monoisotopic (exact) mass is 271 g/mol. The third-order valence-corrected chi connectivity index (χ3v) is 4.73. The molecule has 3 heteroatoms. The summed E-state index contributed by atoms with van der Waals surface area (Å²) in [4.78, 5) is 0. The largest absolute Gasteiger partial charge is 0.330 e. The van der Waals surface area contributed by atoms with Gasteiger partial charge in [-0.15, -0.1) is 0 Å². The van der Waals surface area contributed by atoms with Gasteiger partial charge in [0, 0.05) is 22.2 Å². The molecule has 0 spiro atoms. The minimum absolute atomic E-state index is 0.241. The predicted molar refractivity (Wildman–Crippen MR) is 66.8 cm³/mol. The molecule has 2 rings (SSSR count). The maximum atomic E-state index is 5.91. The van der Waals surface area contributed by atoms with Crippen molar-refractivity contribution in [3.8, 4) is 0 Å². The molecule has 1 nitrogen and oxygen atoms in total. The van der Waals surface area contributed by atoms with Crippen molar-refractivity contribution in [2.45, 2.75) is 11.8 Å². The number of thioether (sulfide) groups is 1. The van der Waals surface area contributed by atoms with Crippen LogP contribution in [0.2, 0.25) is 0 Å². The van der Waals surface area contributed by atoms with E-state index in [9.17, 15) is 0 Å². The number of halogens is 1. The molecule has 1 aromatic rings. The van der Waals surface area contributed by atoms with Crippen LogP contribution in [0.1, 0.15) is 12.0 Å². The molecule has 2 N–H and O–H groups in total. The zero-order valence-electron chi connectivity index (χ0n) is 8.00. The highest BCUT2D eigenvalue weighted by Crippen LogP contribution is 2.38. The molecule has 1 unspecified atom stereocenters. The van der Waals surface area contributed by atoms with Crippen LogP contribution < -0.4 is 5.73 Å². The van der Waals surface area contributed by atoms with E-state index in [4.69, 9.17) is 5.73 Å². The van der Waals surface area contributed by atoms with Gasteiger partial charge in [0.25, 0.3) is 0 Å². The van der Waals surface area contributed by atoms with E-state index in [0.29, 0.717) is 0 Å². The average molecular weight is 272 g/mol. The molecule has 0 bridgehead atoms. The lowest BCUT2D eigenvalue weighted by Gasteiger charge is -2.26. The Bertz CT molecular complexity index is 304. The van der Waals surface area contributed by atoms with Gasteiger partial charge in [-0.25, -0.2) is 0 Å². The van der Waals surface area contributed by atoms with E-state index in [1.807, 2.05) is 11.8 Å². The number of rotatable bonds is 2. The Labute approximate surface area is 97.6 Å². The first-order valence-corrected chi connectivity index (χ1v) is 6.75. The van der Waals surface area contributed by atoms with Gasteiger partial charge in [0.15, 0.2) is 0 Å². The van der Waals surface area contributed by atoms with Crippen LogP contribution in [0.4, 0.5) is 0 Å². The van der Waals surface area contributed by atoms with E-state index in [1.54, 1.807) is 0 Å². The van der Waals surface area contributed by atoms with Gasteiger partial charge in [-0.05, 0) is 29.9 Å². The first-order chi connectivity index (χ1) is 6.77. The Kier molecular flexibility index (Phi) is 3.20. The molecule has 1 aliphatic heterocycles. The van der Waals surface area contributed by atoms with Crippen LogP contribution in [0, 0.1) is 0 Å². The maximum absolute atomic E-state index is 5.91. The summed E-state index contributed by atoms with van der Waals surface area (Å²) in [5.74, 6) is 2.42. The second kappa shape index (κ2) is 4.25. The summed E-state index contributed by atoms with van der Waals surface area (Å²) in [5.41, 5.74) is 7.55. The summed E-state index contributed by atoms with van der Waals surface area (Å²) in [6.45, 7) is 0.766. The molecular weight excluding hydrogens is 258 g/mol. The zero-order chi connectivity index (χ0) is 10.0. The quantitative estimate of drug-likeness (QED) is 0.896. The number of nitrogens with two attached hydrogens (primary N) is 1. The fourth-order valence-corrected chi connectivity index (χ4v) is 3.68. The Morgan fingerprint density at radius 2 is 2.07 bits per heavy atom. The van der Waals surface area contributed by atoms with Gasteiger partial charge < -0.3 is 5.73 Å². The van der Waals surface area contributed by atoms with Crippen molar-refractivity contribution in [1.82, 2.24) is 0 Å². The predicted octanol–water partition coefficient (Wildman–Crippen LogP) is 2.78. The van der Waals surface area contributed by atoms with Gasteiger partial charge in [0.2, 0.25) is 0 Å². The van der Waals surface area contributed by atoms with E-state index in [-0.39, 0.29) is 5.41 Å². The summed E-state index contributed by atoms with van der Waals surface area (Å²) in [6.07, 6.45) is 1.22. The first kappa shape index (κ1) is 10.5. The average Bonchev–Trinajstić information content (AvgIpc) is 2.68. The second-order valence-corrected chi connectivity index (χ2v) is 5.81. The SMILES string of the molecule is NCC1(c2ccc(Br)cc2)CCSC1. The summed E-state index contributed by atoms with van der Waals surface area (Å²) in [5, 5.41) is 0. The Morgan fingerprint density at radius 3 is 2.57 bits per heavy atom. The summed E-state index contributed by atoms with van der Waals surface area (Å²) in [6, 6.07) is 8.61. The molecule has 1 aromatic carbocycles. The molecule has 1 heterocycles. The van der Waals surface area contributed by atoms with Crippen LogP contribution in [0.25, 0.3) is 0 Å². The minimum atomic E-state index is 0.241. The maximum Gasteiger partial charge on any atom is 0.0175 e. The molecule has 0 saturated carbocycles. The Balaban J connectivity index is 2.31. The molecular formula is C11H14BrNS. The summed E-state index contributed by atoms with van der Waals surface area (Å²) >= 11 is 5.47. The summed E-state index contributed by atoms with van der Waals surface area (Å²) < 4.78 is 1.14. The van der Waals surface area contributed by atoms with Crippen molar-refractivity contribution in [3.05, 3.63) is 34.3 Å². The van der Waals surface area contributed by atoms with Crippen LogP contribution in [0.3, 0.4) is 0 Å². The van der Waals surface area contributed by atoms with Crippen LogP contribution in [-0.2, 0) is 5.41 Å². The fourth-order valence-electron chi connectivity index (χ4n) is 1.92. The van der Waals surface area contributed by atoms with Gasteiger partial charge in [-0.3, -0.25) is 0 Å². The third-order valence-electron chi connectivity index (χ3n) is 2.95. The zero-order valence-corrected chi connectivity index (χ0v) is 10.4. The van der Waals surface area contributed by atoms with Crippen LogP contribution in [0.15, 0.2) is 28.7 Å². The number of benzene rings is 1. The molecule has 1 fully saturated rings. The molecule has 1 atom stereocenters. The molecule has 0 aliphatic carbocycles. The van der Waals surface area contributed by atoms with Crippen molar-refractivity contribution in [3.63, 3.8) is 0 Å². The first-order valence-electron chi connectivity index (χ1n) is 4.81. The molecule has 0 aromatic heterocycles. The van der Waals surface area contributed by atoms with Crippen LogP contribution in [0.5, 0.6) is 0 Å². The molecule has 0 radical (unpaired) electrons. The van der Waals surface area contributed by atoms with E-state index in [2.05, 4.69) is 40.2 Å². The Hall–Kier alpha value is 0.01000. The second-order valence-electron chi connectivity index (χ2n) is 3.79. The van der Waals surface area contributed by atoms with E-state index in [1.165, 1.54) is 23.5 Å². The lowest BCUT2D eigenvalue weighted by molar-refractivity contribution is 0.498. The molecule has 1 saturated heterocycles. The van der Waals surface area contributed by atoms with Crippen LogP contribution >= 0.6 is 27.7 Å². The van der Waals surface area contributed by atoms with Crippen molar-refractivity contribution < 1.29 is 0 Å².